The maximum absolute atomic E-state index is 5.47. The lowest BCUT2D eigenvalue weighted by Crippen LogP contribution is -2.32. The van der Waals surface area contributed by atoms with Crippen LogP contribution >= 0.6 is 23.5 Å². The van der Waals surface area contributed by atoms with Crippen LogP contribution in [0, 0.1) is 0 Å². The molecule has 4 aromatic heterocycles. The summed E-state index contributed by atoms with van der Waals surface area (Å²) in [7, 11) is 0. The van der Waals surface area contributed by atoms with Crippen molar-refractivity contribution in [2.45, 2.75) is 30.4 Å². The van der Waals surface area contributed by atoms with Gasteiger partial charge in [-0.1, -0.05) is 381 Å². The van der Waals surface area contributed by atoms with E-state index in [9.17, 15) is 0 Å². The molecule has 18 aromatic carbocycles. The van der Waals surface area contributed by atoms with E-state index in [1.54, 1.807) is 0 Å². The molecule has 4 aliphatic rings. The van der Waals surface area contributed by atoms with Crippen molar-refractivity contribution < 1.29 is 0 Å². The predicted octanol–water partition coefficient (Wildman–Crippen LogP) is 29.5. The maximum atomic E-state index is 5.47. The van der Waals surface area contributed by atoms with E-state index in [1.807, 2.05) is 72.1 Å². The van der Waals surface area contributed by atoms with Crippen LogP contribution < -0.4 is 0 Å². The van der Waals surface area contributed by atoms with Gasteiger partial charge in [0.1, 0.15) is 0 Å². The number of benzene rings is 18. The molecule has 0 unspecified atom stereocenters. The molecule has 128 heavy (non-hydrogen) atoms. The molecule has 2 spiro atoms. The Morgan fingerprint density at radius 1 is 0.148 bits per heavy atom. The zero-order valence-electron chi connectivity index (χ0n) is 69.0. The average Bonchev–Trinajstić information content (AvgIpc) is 1.50. The Hall–Kier alpha value is -16.0. The zero-order chi connectivity index (χ0) is 84.4. The molecule has 0 atom stereocenters. The molecule has 10 heteroatoms. The second-order valence-corrected chi connectivity index (χ2v) is 35.2. The molecule has 0 fully saturated rings. The zero-order valence-corrected chi connectivity index (χ0v) is 70.6. The highest BCUT2D eigenvalue weighted by atomic mass is 32.2. The molecule has 0 bridgehead atoms. The molecule has 0 saturated heterocycles. The quantitative estimate of drug-likeness (QED) is 0.123. The van der Waals surface area contributed by atoms with Crippen molar-refractivity contribution >= 4 is 66.9 Å². The molecular weight excluding hydrogens is 1590 g/mol. The topological polar surface area (TPSA) is 103 Å². The Bertz CT molecular complexity index is 8150. The number of hydrogen-bond acceptors (Lipinski definition) is 10. The largest absolute Gasteiger partial charge is 0.247 e. The summed E-state index contributed by atoms with van der Waals surface area (Å²) in [4.78, 5) is 46.9. The monoisotopic (exact) mass is 1660 g/mol. The minimum absolute atomic E-state index is 0.511. The van der Waals surface area contributed by atoms with Crippen LogP contribution in [0.2, 0.25) is 0 Å². The third kappa shape index (κ3) is 12.2. The highest BCUT2D eigenvalue weighted by Gasteiger charge is 2.52. The minimum Gasteiger partial charge on any atom is -0.247 e. The fraction of sp³-hybridized carbons (Fsp3) is 0.0169. The summed E-state index contributed by atoms with van der Waals surface area (Å²) in [6, 6.07) is 156. The SMILES string of the molecule is c1ccc(-c2ccc(-c3nc(-c4ccccc4)nc(-c4ccc5nc(-c6ccccc6)c6cc7c(cc6c5c4)C4(c5ccccc5S7)c5ccccc5-c5ccccc54)n3)cc2)cc1.c1ccc(-c2cccc(-c3nc(-c4ccccc4)nc(-c4ccc5nc(-c6ccccc6)c6cc7c(cc6c5c4)C4(c5ccccc5S7)c5ccccc5-c5ccccc54)n3)c2)cc1. The van der Waals surface area contributed by atoms with E-state index in [1.165, 1.54) is 91.9 Å². The van der Waals surface area contributed by atoms with Gasteiger partial charge in [-0.2, -0.15) is 0 Å². The molecule has 0 N–H and O–H groups in total. The van der Waals surface area contributed by atoms with Gasteiger partial charge in [0.2, 0.25) is 0 Å². The molecular formula is C118H72N8S2. The first kappa shape index (κ1) is 74.6. The third-order valence-corrected chi connectivity index (χ3v) is 28.2. The molecule has 22 aromatic rings. The average molecular weight is 1670 g/mol. The summed E-state index contributed by atoms with van der Waals surface area (Å²) < 4.78 is 0. The Morgan fingerprint density at radius 2 is 0.414 bits per heavy atom. The van der Waals surface area contributed by atoms with E-state index >= 15 is 0 Å². The van der Waals surface area contributed by atoms with E-state index in [-0.39, 0.29) is 0 Å². The molecule has 0 radical (unpaired) electrons. The number of aromatic nitrogens is 8. The summed E-state index contributed by atoms with van der Waals surface area (Å²) in [5.74, 6) is 3.70. The number of fused-ring (bicyclic) bond motifs is 24. The fourth-order valence-corrected chi connectivity index (χ4v) is 22.6. The van der Waals surface area contributed by atoms with Crippen LogP contribution in [0.15, 0.2) is 456 Å². The normalized spacial score (nSPS) is 13.1. The Morgan fingerprint density at radius 3 is 0.797 bits per heavy atom. The number of nitrogens with zero attached hydrogens (tertiary/aromatic N) is 8. The first-order chi connectivity index (χ1) is 63.4. The van der Waals surface area contributed by atoms with Crippen molar-refractivity contribution in [1.82, 2.24) is 39.9 Å². The lowest BCUT2D eigenvalue weighted by molar-refractivity contribution is 0.724. The molecule has 2 aliphatic carbocycles. The second kappa shape index (κ2) is 30.5. The van der Waals surface area contributed by atoms with Crippen LogP contribution in [0.25, 0.3) is 179 Å². The highest BCUT2D eigenvalue weighted by Crippen LogP contribution is 2.65. The van der Waals surface area contributed by atoms with E-state index in [0.29, 0.717) is 34.9 Å². The van der Waals surface area contributed by atoms with E-state index in [0.717, 1.165) is 116 Å². The first-order valence-corrected chi connectivity index (χ1v) is 44.9. The van der Waals surface area contributed by atoms with Crippen LogP contribution in [0.1, 0.15) is 44.5 Å². The van der Waals surface area contributed by atoms with Crippen molar-refractivity contribution in [3.8, 4) is 135 Å². The lowest BCUT2D eigenvalue weighted by atomic mass is 9.67. The van der Waals surface area contributed by atoms with Gasteiger partial charge in [-0.15, -0.1) is 0 Å². The summed E-state index contributed by atoms with van der Waals surface area (Å²) in [5, 5.41) is 6.58. The van der Waals surface area contributed by atoms with Gasteiger partial charge in [-0.05, 0) is 179 Å². The van der Waals surface area contributed by atoms with E-state index in [2.05, 4.69) is 388 Å². The van der Waals surface area contributed by atoms with E-state index < -0.39 is 10.8 Å². The lowest BCUT2D eigenvalue weighted by Gasteiger charge is -2.40. The summed E-state index contributed by atoms with van der Waals surface area (Å²) in [6.07, 6.45) is 0. The first-order valence-electron chi connectivity index (χ1n) is 43.3. The summed E-state index contributed by atoms with van der Waals surface area (Å²) >= 11 is 3.72. The molecule has 6 heterocycles. The van der Waals surface area contributed by atoms with E-state index in [4.69, 9.17) is 39.9 Å². The van der Waals surface area contributed by atoms with Crippen LogP contribution in [0.5, 0.6) is 0 Å². The van der Waals surface area contributed by atoms with Gasteiger partial charge >= 0.3 is 0 Å². The Labute approximate surface area is 748 Å². The van der Waals surface area contributed by atoms with Gasteiger partial charge in [-0.3, -0.25) is 0 Å². The van der Waals surface area contributed by atoms with Gasteiger partial charge in [0.25, 0.3) is 0 Å². The Balaban J connectivity index is 0.000000139. The van der Waals surface area contributed by atoms with Crippen LogP contribution in [-0.2, 0) is 10.8 Å². The standard InChI is InChI=1S/2C59H36N4S/c1-4-17-37(18-5-1)40-23-16-24-41(33-40)57-61-56(39-21-8-3-9-22-39)62-58(63-57)42-31-32-52-46(34-42)45-35-51-54(36-47(45)55(60-52)38-19-6-2-7-20-38)64-53-30-15-14-29-50(53)59(51)48-27-12-10-25-43(48)44-26-11-13-28-49(44)59;1-4-16-37(17-5-1)38-28-30-41(31-29-38)57-61-56(40-20-8-3-9-21-40)62-58(63-57)42-32-33-52-46(34-42)45-35-51-54(36-47(45)55(60-52)39-18-6-2-7-19-39)64-53-27-15-14-26-50(53)59(51)48-24-12-10-22-43(48)44-23-11-13-25-49(44)59/h2*1-36H. The predicted molar refractivity (Wildman–Crippen MR) is 522 cm³/mol. The number of pyridine rings is 2. The van der Waals surface area contributed by atoms with Crippen molar-refractivity contribution in [3.63, 3.8) is 0 Å². The summed E-state index contributed by atoms with van der Waals surface area (Å²) in [6.45, 7) is 0. The van der Waals surface area contributed by atoms with Gasteiger partial charge in [0, 0.05) is 85.6 Å². The smallest absolute Gasteiger partial charge is 0.164 e. The van der Waals surface area contributed by atoms with Crippen LogP contribution in [0.4, 0.5) is 0 Å². The van der Waals surface area contributed by atoms with Crippen molar-refractivity contribution in [2.75, 3.05) is 0 Å². The molecule has 26 rings (SSSR count). The highest BCUT2D eigenvalue weighted by molar-refractivity contribution is 7.99. The summed E-state index contributed by atoms with van der Waals surface area (Å²) in [5.41, 5.74) is 30.5. The van der Waals surface area contributed by atoms with Gasteiger partial charge in [0.05, 0.1) is 33.3 Å². The molecule has 596 valence electrons. The van der Waals surface area contributed by atoms with Crippen LogP contribution in [0.3, 0.4) is 0 Å². The van der Waals surface area contributed by atoms with Gasteiger partial charge in [-0.25, -0.2) is 39.9 Å². The van der Waals surface area contributed by atoms with Gasteiger partial charge < -0.3 is 0 Å². The fourth-order valence-electron chi connectivity index (χ4n) is 20.2. The van der Waals surface area contributed by atoms with Crippen molar-refractivity contribution in [3.05, 3.63) is 481 Å². The second-order valence-electron chi connectivity index (χ2n) is 33.0. The molecule has 0 saturated carbocycles. The number of rotatable bonds is 10. The van der Waals surface area contributed by atoms with Gasteiger partial charge in [0.15, 0.2) is 34.9 Å². The molecule has 2 aliphatic heterocycles. The maximum Gasteiger partial charge on any atom is 0.164 e. The molecule has 8 nitrogen and oxygen atoms in total. The Kier molecular flexibility index (Phi) is 17.8. The van der Waals surface area contributed by atoms with Crippen molar-refractivity contribution in [2.24, 2.45) is 0 Å². The van der Waals surface area contributed by atoms with Crippen molar-refractivity contribution in [1.29, 1.82) is 0 Å². The number of hydrogen-bond donors (Lipinski definition) is 0. The molecule has 0 amide bonds. The third-order valence-electron chi connectivity index (χ3n) is 25.9. The van der Waals surface area contributed by atoms with Crippen LogP contribution in [-0.4, -0.2) is 39.9 Å². The minimum atomic E-state index is -0.513.